The van der Waals surface area contributed by atoms with Crippen LogP contribution in [0.5, 0.6) is 0 Å². The Balaban J connectivity index is 2.02. The number of aryl methyl sites for hydroxylation is 1. The minimum absolute atomic E-state index is 0.0380. The van der Waals surface area contributed by atoms with Gasteiger partial charge in [0.25, 0.3) is 5.91 Å². The fourth-order valence-electron chi connectivity index (χ4n) is 2.36. The van der Waals surface area contributed by atoms with E-state index in [0.717, 1.165) is 16.2 Å². The summed E-state index contributed by atoms with van der Waals surface area (Å²) < 4.78 is 5.13. The lowest BCUT2D eigenvalue weighted by Crippen LogP contribution is -2.21. The van der Waals surface area contributed by atoms with E-state index in [-0.39, 0.29) is 16.1 Å². The number of nitrogens with one attached hydrogen (secondary N) is 1. The molecule has 0 aliphatic rings. The summed E-state index contributed by atoms with van der Waals surface area (Å²) in [6, 6.07) is 8.27. The molecule has 3 aromatic rings. The highest BCUT2D eigenvalue weighted by Gasteiger charge is 2.22. The van der Waals surface area contributed by atoms with Crippen molar-refractivity contribution in [3.8, 4) is 0 Å². The van der Waals surface area contributed by atoms with Crippen molar-refractivity contribution in [1.29, 1.82) is 0 Å². The van der Waals surface area contributed by atoms with E-state index in [1.807, 2.05) is 0 Å². The topological polar surface area (TPSA) is 96.6 Å². The molecule has 0 bridgehead atoms. The number of carboxylic acids is 1. The molecule has 24 heavy (non-hydrogen) atoms. The second-order valence-corrected chi connectivity index (χ2v) is 6.46. The Morgan fingerprint density at radius 1 is 1.21 bits per heavy atom. The summed E-state index contributed by atoms with van der Waals surface area (Å²) in [6.45, 7) is 3.45. The van der Waals surface area contributed by atoms with Crippen molar-refractivity contribution in [1.82, 2.24) is 0 Å². The lowest BCUT2D eigenvalue weighted by Gasteiger charge is -2.05. The number of fused-ring (bicyclic) bond motifs is 1. The van der Waals surface area contributed by atoms with Crippen LogP contribution in [0.15, 0.2) is 39.5 Å². The number of rotatable bonds is 3. The van der Waals surface area contributed by atoms with Crippen LogP contribution >= 0.6 is 11.3 Å². The van der Waals surface area contributed by atoms with E-state index in [1.165, 1.54) is 6.07 Å². The third kappa shape index (κ3) is 2.69. The van der Waals surface area contributed by atoms with Crippen molar-refractivity contribution in [2.24, 2.45) is 0 Å². The number of carbonyl (C=O) groups is 2. The van der Waals surface area contributed by atoms with Crippen LogP contribution in [0.4, 0.5) is 5.00 Å². The predicted octanol–water partition coefficient (Wildman–Crippen LogP) is 3.42. The first kappa shape index (κ1) is 15.9. The fourth-order valence-corrected chi connectivity index (χ4v) is 3.41. The number of hydrogen-bond donors (Lipinski definition) is 2. The van der Waals surface area contributed by atoms with E-state index in [2.05, 4.69) is 5.32 Å². The van der Waals surface area contributed by atoms with Crippen LogP contribution in [0.2, 0.25) is 0 Å². The third-order valence-electron chi connectivity index (χ3n) is 3.71. The molecule has 122 valence electrons. The van der Waals surface area contributed by atoms with Gasteiger partial charge in [0, 0.05) is 10.3 Å². The van der Waals surface area contributed by atoms with Gasteiger partial charge in [-0.2, -0.15) is 0 Å². The normalized spacial score (nSPS) is 10.8. The first-order valence-corrected chi connectivity index (χ1v) is 7.87. The quantitative estimate of drug-likeness (QED) is 0.710. The van der Waals surface area contributed by atoms with Crippen LogP contribution in [0.25, 0.3) is 11.0 Å². The maximum Gasteiger partial charge on any atom is 0.349 e. The van der Waals surface area contributed by atoms with Gasteiger partial charge in [-0.3, -0.25) is 4.79 Å². The van der Waals surface area contributed by atoms with Crippen molar-refractivity contribution in [2.45, 2.75) is 13.8 Å². The fraction of sp³-hybridized carbons (Fsp3) is 0.118. The number of carboxylic acid groups (broad SMARTS) is 1. The van der Waals surface area contributed by atoms with Crippen LogP contribution in [-0.2, 0) is 0 Å². The summed E-state index contributed by atoms with van der Waals surface area (Å²) in [7, 11) is 0. The van der Waals surface area contributed by atoms with E-state index in [0.29, 0.717) is 16.5 Å². The number of amides is 1. The highest BCUT2D eigenvalue weighted by atomic mass is 32.1. The van der Waals surface area contributed by atoms with E-state index >= 15 is 0 Å². The van der Waals surface area contributed by atoms with Gasteiger partial charge in [-0.25, -0.2) is 9.59 Å². The molecule has 0 unspecified atom stereocenters. The standard InChI is InChI=1S/C17H13NO5S/c1-8-9(2)24-15(13(8)16(20)21)18-14(19)11-7-10-5-3-4-6-12(10)23-17(11)22/h3-7H,1-2H3,(H,18,19)(H,20,21). The molecule has 0 saturated heterocycles. The Kier molecular flexibility index (Phi) is 3.94. The van der Waals surface area contributed by atoms with Crippen molar-refractivity contribution in [2.75, 3.05) is 5.32 Å². The molecule has 2 heterocycles. The number of carbonyl (C=O) groups excluding carboxylic acids is 1. The number of aromatic carboxylic acids is 1. The van der Waals surface area contributed by atoms with E-state index in [4.69, 9.17) is 4.42 Å². The van der Waals surface area contributed by atoms with Gasteiger partial charge in [0.2, 0.25) is 0 Å². The van der Waals surface area contributed by atoms with Gasteiger partial charge in [-0.05, 0) is 31.5 Å². The maximum absolute atomic E-state index is 12.4. The lowest BCUT2D eigenvalue weighted by atomic mass is 10.1. The third-order valence-corrected chi connectivity index (χ3v) is 4.83. The zero-order valence-corrected chi connectivity index (χ0v) is 13.7. The van der Waals surface area contributed by atoms with Crippen LogP contribution in [0, 0.1) is 13.8 Å². The zero-order chi connectivity index (χ0) is 17.4. The molecule has 0 radical (unpaired) electrons. The number of thiophene rings is 1. The largest absolute Gasteiger partial charge is 0.478 e. The Morgan fingerprint density at radius 3 is 2.62 bits per heavy atom. The molecule has 0 atom stereocenters. The molecule has 7 heteroatoms. The summed E-state index contributed by atoms with van der Waals surface area (Å²) in [5.41, 5.74) is 0.0688. The number of para-hydroxylation sites is 1. The molecule has 2 aromatic heterocycles. The lowest BCUT2D eigenvalue weighted by molar-refractivity contribution is 0.0697. The second-order valence-electron chi connectivity index (χ2n) is 5.23. The van der Waals surface area contributed by atoms with Gasteiger partial charge in [-0.15, -0.1) is 11.3 Å². The molecule has 1 amide bonds. The van der Waals surface area contributed by atoms with Gasteiger partial charge in [0.1, 0.15) is 16.1 Å². The molecule has 0 fully saturated rings. The molecule has 0 aliphatic carbocycles. The summed E-state index contributed by atoms with van der Waals surface area (Å²) in [5, 5.41) is 12.6. The van der Waals surface area contributed by atoms with Crippen LogP contribution in [-0.4, -0.2) is 17.0 Å². The van der Waals surface area contributed by atoms with E-state index in [9.17, 15) is 19.5 Å². The SMILES string of the molecule is Cc1sc(NC(=O)c2cc3ccccc3oc2=O)c(C(=O)O)c1C. The number of hydrogen-bond acceptors (Lipinski definition) is 5. The molecule has 6 nitrogen and oxygen atoms in total. The highest BCUT2D eigenvalue weighted by molar-refractivity contribution is 7.16. The molecular formula is C17H13NO5S. The minimum Gasteiger partial charge on any atom is -0.478 e. The van der Waals surface area contributed by atoms with Gasteiger partial charge in [0.15, 0.2) is 0 Å². The average Bonchev–Trinajstić information content (AvgIpc) is 2.80. The zero-order valence-electron chi connectivity index (χ0n) is 12.9. The highest BCUT2D eigenvalue weighted by Crippen LogP contribution is 2.32. The monoisotopic (exact) mass is 343 g/mol. The molecular weight excluding hydrogens is 330 g/mol. The van der Waals surface area contributed by atoms with Gasteiger partial charge in [-0.1, -0.05) is 18.2 Å². The smallest absolute Gasteiger partial charge is 0.349 e. The first-order valence-electron chi connectivity index (χ1n) is 7.06. The van der Waals surface area contributed by atoms with Gasteiger partial charge in [0.05, 0.1) is 5.56 Å². The minimum atomic E-state index is -1.13. The van der Waals surface area contributed by atoms with Crippen molar-refractivity contribution in [3.05, 3.63) is 62.3 Å². The van der Waals surface area contributed by atoms with Gasteiger partial charge >= 0.3 is 11.6 Å². The van der Waals surface area contributed by atoms with Crippen LogP contribution < -0.4 is 10.9 Å². The maximum atomic E-state index is 12.4. The Morgan fingerprint density at radius 2 is 1.92 bits per heavy atom. The summed E-state index contributed by atoms with van der Waals surface area (Å²) in [5.74, 6) is -1.82. The number of anilines is 1. The average molecular weight is 343 g/mol. The molecule has 3 rings (SSSR count). The molecule has 0 saturated carbocycles. The van der Waals surface area contributed by atoms with E-state index in [1.54, 1.807) is 38.1 Å². The summed E-state index contributed by atoms with van der Waals surface area (Å²) in [4.78, 5) is 36.6. The summed E-state index contributed by atoms with van der Waals surface area (Å²) >= 11 is 1.16. The van der Waals surface area contributed by atoms with Crippen LogP contribution in [0.3, 0.4) is 0 Å². The first-order chi connectivity index (χ1) is 11.4. The molecule has 0 aliphatic heterocycles. The Hall–Kier alpha value is -2.93. The van der Waals surface area contributed by atoms with Crippen molar-refractivity contribution < 1.29 is 19.1 Å². The van der Waals surface area contributed by atoms with Crippen molar-refractivity contribution in [3.63, 3.8) is 0 Å². The summed E-state index contributed by atoms with van der Waals surface area (Å²) in [6.07, 6.45) is 0. The van der Waals surface area contributed by atoms with E-state index < -0.39 is 17.5 Å². The predicted molar refractivity (Wildman–Crippen MR) is 91.2 cm³/mol. The molecule has 1 aromatic carbocycles. The van der Waals surface area contributed by atoms with Crippen molar-refractivity contribution >= 4 is 39.2 Å². The second kappa shape index (κ2) is 5.93. The Labute approximate surface area is 140 Å². The molecule has 0 spiro atoms. The Bertz CT molecular complexity index is 1030. The van der Waals surface area contributed by atoms with Gasteiger partial charge < -0.3 is 14.8 Å². The number of benzene rings is 1. The van der Waals surface area contributed by atoms with Crippen LogP contribution in [0.1, 0.15) is 31.2 Å². The molecule has 2 N–H and O–H groups in total.